The van der Waals surface area contributed by atoms with Gasteiger partial charge in [-0.2, -0.15) is 0 Å². The fourth-order valence-electron chi connectivity index (χ4n) is 2.00. The summed E-state index contributed by atoms with van der Waals surface area (Å²) >= 11 is 3.36. The van der Waals surface area contributed by atoms with Crippen molar-refractivity contribution in [2.75, 3.05) is 18.4 Å². The van der Waals surface area contributed by atoms with E-state index in [1.165, 1.54) is 0 Å². The summed E-state index contributed by atoms with van der Waals surface area (Å²) < 4.78 is 0.910. The number of aryl methyl sites for hydroxylation is 1. The number of halogens is 1. The molecule has 1 aromatic heterocycles. The highest BCUT2D eigenvalue weighted by Crippen LogP contribution is 2.16. The standard InChI is InChI=1S/C13H16BrN3O2/c1-9-10(14)4-5-11(15-9)16-12(18)6-8-17-7-2-3-13(17)19/h4-5H,2-3,6-8H2,1H3,(H,15,16,18). The third-order valence-electron chi connectivity index (χ3n) is 3.07. The van der Waals surface area contributed by atoms with Gasteiger partial charge in [0.25, 0.3) is 0 Å². The number of hydrogen-bond donors (Lipinski definition) is 1. The molecule has 102 valence electrons. The predicted octanol–water partition coefficient (Wildman–Crippen LogP) is 2.10. The van der Waals surface area contributed by atoms with E-state index in [9.17, 15) is 9.59 Å². The van der Waals surface area contributed by atoms with E-state index < -0.39 is 0 Å². The van der Waals surface area contributed by atoms with Gasteiger partial charge < -0.3 is 10.2 Å². The number of aromatic nitrogens is 1. The van der Waals surface area contributed by atoms with E-state index in [2.05, 4.69) is 26.2 Å². The largest absolute Gasteiger partial charge is 0.342 e. The highest BCUT2D eigenvalue weighted by atomic mass is 79.9. The molecular weight excluding hydrogens is 310 g/mol. The second-order valence-electron chi connectivity index (χ2n) is 4.55. The van der Waals surface area contributed by atoms with E-state index >= 15 is 0 Å². The molecule has 1 aromatic rings. The molecule has 19 heavy (non-hydrogen) atoms. The maximum atomic E-state index is 11.8. The minimum absolute atomic E-state index is 0.117. The third-order valence-corrected chi connectivity index (χ3v) is 3.91. The van der Waals surface area contributed by atoms with E-state index in [0.717, 1.165) is 23.1 Å². The molecule has 1 N–H and O–H groups in total. The average Bonchev–Trinajstić information content (AvgIpc) is 2.77. The lowest BCUT2D eigenvalue weighted by Crippen LogP contribution is -2.28. The lowest BCUT2D eigenvalue weighted by molar-refractivity contribution is -0.128. The Morgan fingerprint density at radius 3 is 2.95 bits per heavy atom. The molecule has 0 saturated carbocycles. The number of nitrogens with one attached hydrogen (secondary N) is 1. The molecule has 1 aliphatic heterocycles. The van der Waals surface area contributed by atoms with Crippen LogP contribution < -0.4 is 5.32 Å². The second kappa shape index (κ2) is 6.14. The molecule has 1 aliphatic rings. The zero-order valence-electron chi connectivity index (χ0n) is 10.8. The molecule has 0 aliphatic carbocycles. The number of nitrogens with zero attached hydrogens (tertiary/aromatic N) is 2. The summed E-state index contributed by atoms with van der Waals surface area (Å²) in [6, 6.07) is 3.60. The fourth-order valence-corrected chi connectivity index (χ4v) is 2.22. The molecule has 0 atom stereocenters. The normalized spacial score (nSPS) is 14.8. The first kappa shape index (κ1) is 14.0. The molecule has 2 heterocycles. The van der Waals surface area contributed by atoms with Crippen molar-refractivity contribution in [1.29, 1.82) is 0 Å². The SMILES string of the molecule is Cc1nc(NC(=O)CCN2CCCC2=O)ccc1Br. The molecule has 1 fully saturated rings. The highest BCUT2D eigenvalue weighted by molar-refractivity contribution is 9.10. The molecule has 2 amide bonds. The van der Waals surface area contributed by atoms with E-state index in [0.29, 0.717) is 25.2 Å². The average molecular weight is 326 g/mol. The van der Waals surface area contributed by atoms with Crippen LogP contribution in [0.5, 0.6) is 0 Å². The molecule has 6 heteroatoms. The van der Waals surface area contributed by atoms with Crippen molar-refractivity contribution in [2.45, 2.75) is 26.2 Å². The number of rotatable bonds is 4. The topological polar surface area (TPSA) is 62.3 Å². The molecule has 2 rings (SSSR count). The van der Waals surface area contributed by atoms with E-state index in [1.54, 1.807) is 11.0 Å². The van der Waals surface area contributed by atoms with Gasteiger partial charge in [0, 0.05) is 30.4 Å². The summed E-state index contributed by atoms with van der Waals surface area (Å²) in [6.07, 6.45) is 1.81. The van der Waals surface area contributed by atoms with Crippen LogP contribution >= 0.6 is 15.9 Å². The third kappa shape index (κ3) is 3.76. The van der Waals surface area contributed by atoms with Crippen molar-refractivity contribution in [2.24, 2.45) is 0 Å². The summed E-state index contributed by atoms with van der Waals surface area (Å²) in [7, 11) is 0. The Bertz CT molecular complexity index is 505. The number of likely N-dealkylation sites (tertiary alicyclic amines) is 1. The van der Waals surface area contributed by atoms with Gasteiger partial charge in [-0.1, -0.05) is 0 Å². The van der Waals surface area contributed by atoms with E-state index in [1.807, 2.05) is 13.0 Å². The molecule has 0 unspecified atom stereocenters. The Balaban J connectivity index is 1.83. The minimum atomic E-state index is -0.117. The molecule has 0 radical (unpaired) electrons. The number of carbonyl (C=O) groups is 2. The van der Waals surface area contributed by atoms with Crippen LogP contribution in [0.1, 0.15) is 25.0 Å². The van der Waals surface area contributed by atoms with Gasteiger partial charge in [0.15, 0.2) is 0 Å². The maximum absolute atomic E-state index is 11.8. The van der Waals surface area contributed by atoms with Gasteiger partial charge in [-0.3, -0.25) is 9.59 Å². The summed E-state index contributed by atoms with van der Waals surface area (Å²) in [5, 5.41) is 2.74. The lowest BCUT2D eigenvalue weighted by Gasteiger charge is -2.14. The van der Waals surface area contributed by atoms with Gasteiger partial charge in [-0.25, -0.2) is 4.98 Å². The number of anilines is 1. The van der Waals surface area contributed by atoms with Gasteiger partial charge in [-0.05, 0) is 41.4 Å². The second-order valence-corrected chi connectivity index (χ2v) is 5.40. The van der Waals surface area contributed by atoms with Gasteiger partial charge in [0.05, 0.1) is 5.69 Å². The van der Waals surface area contributed by atoms with E-state index in [-0.39, 0.29) is 11.8 Å². The van der Waals surface area contributed by atoms with Gasteiger partial charge >= 0.3 is 0 Å². The van der Waals surface area contributed by atoms with Crippen LogP contribution in [0, 0.1) is 6.92 Å². The minimum Gasteiger partial charge on any atom is -0.342 e. The van der Waals surface area contributed by atoms with Crippen molar-refractivity contribution in [3.63, 3.8) is 0 Å². The van der Waals surface area contributed by atoms with Crippen LogP contribution in [0.4, 0.5) is 5.82 Å². The number of amides is 2. The van der Waals surface area contributed by atoms with Crippen molar-refractivity contribution < 1.29 is 9.59 Å². The molecule has 0 spiro atoms. The van der Waals surface area contributed by atoms with Crippen molar-refractivity contribution in [3.05, 3.63) is 22.3 Å². The molecule has 5 nitrogen and oxygen atoms in total. The Morgan fingerprint density at radius 2 is 2.32 bits per heavy atom. The number of hydrogen-bond acceptors (Lipinski definition) is 3. The van der Waals surface area contributed by atoms with Gasteiger partial charge in [0.2, 0.25) is 11.8 Å². The lowest BCUT2D eigenvalue weighted by atomic mass is 10.3. The van der Waals surface area contributed by atoms with Crippen LogP contribution in [0.3, 0.4) is 0 Å². The molecule has 0 aromatic carbocycles. The number of carbonyl (C=O) groups excluding carboxylic acids is 2. The first-order chi connectivity index (χ1) is 9.06. The summed E-state index contributed by atoms with van der Waals surface area (Å²) in [5.74, 6) is 0.567. The quantitative estimate of drug-likeness (QED) is 0.922. The van der Waals surface area contributed by atoms with Crippen molar-refractivity contribution in [1.82, 2.24) is 9.88 Å². The zero-order valence-corrected chi connectivity index (χ0v) is 12.4. The van der Waals surface area contributed by atoms with Crippen molar-refractivity contribution >= 4 is 33.6 Å². The summed E-state index contributed by atoms with van der Waals surface area (Å²) in [5.41, 5.74) is 0.826. The molecular formula is C13H16BrN3O2. The van der Waals surface area contributed by atoms with Crippen LogP contribution in [-0.4, -0.2) is 34.8 Å². The number of pyridine rings is 1. The molecule has 0 bridgehead atoms. The summed E-state index contributed by atoms with van der Waals surface area (Å²) in [4.78, 5) is 29.2. The monoisotopic (exact) mass is 325 g/mol. The van der Waals surface area contributed by atoms with Crippen LogP contribution in [0.25, 0.3) is 0 Å². The van der Waals surface area contributed by atoms with E-state index in [4.69, 9.17) is 0 Å². The Morgan fingerprint density at radius 1 is 1.53 bits per heavy atom. The van der Waals surface area contributed by atoms with Crippen LogP contribution in [0.2, 0.25) is 0 Å². The highest BCUT2D eigenvalue weighted by Gasteiger charge is 2.20. The predicted molar refractivity (Wildman–Crippen MR) is 75.7 cm³/mol. The van der Waals surface area contributed by atoms with Gasteiger partial charge in [-0.15, -0.1) is 0 Å². The fraction of sp³-hybridized carbons (Fsp3) is 0.462. The first-order valence-electron chi connectivity index (χ1n) is 6.27. The maximum Gasteiger partial charge on any atom is 0.227 e. The first-order valence-corrected chi connectivity index (χ1v) is 7.06. The van der Waals surface area contributed by atoms with Crippen LogP contribution in [-0.2, 0) is 9.59 Å². The molecule has 1 saturated heterocycles. The Labute approximate surface area is 120 Å². The van der Waals surface area contributed by atoms with Crippen molar-refractivity contribution in [3.8, 4) is 0 Å². The van der Waals surface area contributed by atoms with Crippen LogP contribution in [0.15, 0.2) is 16.6 Å². The smallest absolute Gasteiger partial charge is 0.227 e. The Kier molecular flexibility index (Phi) is 4.52. The summed E-state index contributed by atoms with van der Waals surface area (Å²) in [6.45, 7) is 3.12. The zero-order chi connectivity index (χ0) is 13.8. The Hall–Kier alpha value is -1.43. The van der Waals surface area contributed by atoms with Gasteiger partial charge in [0.1, 0.15) is 5.82 Å².